The fraction of sp³-hybridized carbons (Fsp3) is 0.382. The summed E-state index contributed by atoms with van der Waals surface area (Å²) < 4.78 is 70.6. The van der Waals surface area contributed by atoms with E-state index in [2.05, 4.69) is 16.0 Å². The highest BCUT2D eigenvalue weighted by atomic mass is 32.2. The van der Waals surface area contributed by atoms with Gasteiger partial charge in [-0.15, -0.1) is 0 Å². The first kappa shape index (κ1) is 42.2. The highest BCUT2D eigenvalue weighted by molar-refractivity contribution is 7.91. The van der Waals surface area contributed by atoms with Crippen LogP contribution in [0.2, 0.25) is 0 Å². The van der Waals surface area contributed by atoms with Crippen LogP contribution in [0.15, 0.2) is 72.8 Å². The Labute approximate surface area is 304 Å². The van der Waals surface area contributed by atoms with Crippen LogP contribution in [-0.2, 0) is 43.9 Å². The quantitative estimate of drug-likeness (QED) is 0.118. The number of benzene rings is 3. The molecule has 3 atom stereocenters. The maximum absolute atomic E-state index is 12.8. The predicted molar refractivity (Wildman–Crippen MR) is 203 cm³/mol. The van der Waals surface area contributed by atoms with Crippen LogP contribution in [0.1, 0.15) is 43.4 Å². The van der Waals surface area contributed by atoms with Crippen LogP contribution in [0.5, 0.6) is 0 Å². The van der Waals surface area contributed by atoms with Gasteiger partial charge in [0.2, 0.25) is 17.7 Å². The van der Waals surface area contributed by atoms with Gasteiger partial charge in [0.25, 0.3) is 0 Å². The first-order valence-corrected chi connectivity index (χ1v) is 21.9. The summed E-state index contributed by atoms with van der Waals surface area (Å²) in [5, 5.41) is 7.95. The number of amides is 3. The molecule has 9 N–H and O–H groups in total. The normalized spacial score (nSPS) is 15.8. The van der Waals surface area contributed by atoms with Crippen LogP contribution < -0.4 is 33.2 Å². The molecule has 0 aliphatic rings. The van der Waals surface area contributed by atoms with Gasteiger partial charge in [0.1, 0.15) is 46.1 Å². The van der Waals surface area contributed by atoms with Crippen molar-refractivity contribution >= 4 is 64.3 Å². The van der Waals surface area contributed by atoms with Gasteiger partial charge in [0.05, 0.1) is 17.3 Å². The number of hydrogen-bond acceptors (Lipinski definition) is 12. The summed E-state index contributed by atoms with van der Waals surface area (Å²) in [6, 6.07) is 20.3. The van der Waals surface area contributed by atoms with Gasteiger partial charge in [-0.1, -0.05) is 36.4 Å². The Kier molecular flexibility index (Phi) is 12.5. The summed E-state index contributed by atoms with van der Waals surface area (Å²) in [6.45, 7) is 3.97. The highest BCUT2D eigenvalue weighted by Gasteiger charge is 2.34. The van der Waals surface area contributed by atoms with Crippen molar-refractivity contribution in [1.29, 1.82) is 0 Å². The van der Waals surface area contributed by atoms with Crippen LogP contribution in [0.3, 0.4) is 0 Å². The molecule has 0 aliphatic carbocycles. The molecule has 284 valence electrons. The SMILES string of the molecule is C[C@@](N)(CS(C)(=O)=O)C(=O)Nc1ccc(C(c2ccc(NC(=O)[C@](C)(N)CS(C)(=O)=O)cc2)c2ccc(NC(=O)[C@](C)(N)CS(C)(=O)=O)cc2)cc1. The van der Waals surface area contributed by atoms with Crippen molar-refractivity contribution in [2.45, 2.75) is 43.3 Å². The molecule has 0 heterocycles. The smallest absolute Gasteiger partial charge is 0.245 e. The lowest BCUT2D eigenvalue weighted by Gasteiger charge is -2.24. The number of nitrogens with one attached hydrogen (secondary N) is 3. The monoisotopic (exact) mass is 778 g/mol. The second kappa shape index (κ2) is 15.4. The molecular formula is C34H46N6O9S3. The van der Waals surface area contributed by atoms with Gasteiger partial charge < -0.3 is 33.2 Å². The summed E-state index contributed by atoms with van der Waals surface area (Å²) in [5.74, 6) is -4.16. The van der Waals surface area contributed by atoms with Gasteiger partial charge in [-0.3, -0.25) is 14.4 Å². The lowest BCUT2D eigenvalue weighted by atomic mass is 9.85. The minimum atomic E-state index is -3.54. The molecule has 0 unspecified atom stereocenters. The lowest BCUT2D eigenvalue weighted by molar-refractivity contribution is -0.120. The zero-order valence-corrected chi connectivity index (χ0v) is 32.2. The number of nitrogens with two attached hydrogens (primary N) is 3. The Morgan fingerprint density at radius 2 is 0.673 bits per heavy atom. The number of sulfone groups is 3. The van der Waals surface area contributed by atoms with Crippen LogP contribution in [-0.4, -0.2) is 95.6 Å². The van der Waals surface area contributed by atoms with Gasteiger partial charge in [0, 0.05) is 41.7 Å². The van der Waals surface area contributed by atoms with E-state index in [-0.39, 0.29) is 0 Å². The number of carbonyl (C=O) groups is 3. The molecule has 0 radical (unpaired) electrons. The molecule has 0 aliphatic heterocycles. The number of anilines is 3. The molecule has 3 amide bonds. The van der Waals surface area contributed by atoms with E-state index in [1.165, 1.54) is 20.8 Å². The third-order valence-electron chi connectivity index (χ3n) is 7.75. The second-order valence-electron chi connectivity index (χ2n) is 14.1. The van der Waals surface area contributed by atoms with Gasteiger partial charge >= 0.3 is 0 Å². The van der Waals surface area contributed by atoms with Crippen LogP contribution in [0.4, 0.5) is 17.1 Å². The standard InChI is InChI=1S/C34H46N6O9S3/c1-32(35,19-50(4,44)45)29(41)38-25-13-7-22(8-14-25)28(23-9-15-26(16-10-23)39-30(42)33(2,36)20-51(5,46)47)24-11-17-27(18-12-24)40-31(43)34(3,37)21-52(6,48)49/h7-18,28H,19-21,35-37H2,1-6H3,(H,38,41)(H,39,42)(H,40,43)/t32-,33-,34-/m1/s1. The summed E-state index contributed by atoms with van der Waals surface area (Å²) in [5.41, 5.74) is 16.3. The van der Waals surface area contributed by atoms with Gasteiger partial charge in [-0.2, -0.15) is 0 Å². The number of hydrogen-bond donors (Lipinski definition) is 6. The zero-order chi connectivity index (χ0) is 39.5. The number of rotatable bonds is 15. The first-order chi connectivity index (χ1) is 23.6. The molecular weight excluding hydrogens is 733 g/mol. The van der Waals surface area contributed by atoms with Gasteiger partial charge in [0.15, 0.2) is 0 Å². The van der Waals surface area contributed by atoms with E-state index >= 15 is 0 Å². The van der Waals surface area contributed by atoms with E-state index in [0.29, 0.717) is 17.1 Å². The Bertz CT molecular complexity index is 1890. The molecule has 0 saturated carbocycles. The summed E-state index contributed by atoms with van der Waals surface area (Å²) in [4.78, 5) is 38.4. The molecule has 52 heavy (non-hydrogen) atoms. The second-order valence-corrected chi connectivity index (χ2v) is 20.5. The average molecular weight is 779 g/mol. The predicted octanol–water partition coefficient (Wildman–Crippen LogP) is 0.968. The molecule has 0 bridgehead atoms. The van der Waals surface area contributed by atoms with Crippen LogP contribution >= 0.6 is 0 Å². The molecule has 0 spiro atoms. The summed E-state index contributed by atoms with van der Waals surface area (Å²) in [7, 11) is -10.6. The molecule has 0 aromatic heterocycles. The third-order valence-corrected chi connectivity index (χ3v) is 11.1. The van der Waals surface area contributed by atoms with Crippen LogP contribution in [0.25, 0.3) is 0 Å². The summed E-state index contributed by atoms with van der Waals surface area (Å²) >= 11 is 0. The van der Waals surface area contributed by atoms with E-state index in [0.717, 1.165) is 35.5 Å². The van der Waals surface area contributed by atoms with Crippen molar-refractivity contribution in [3.63, 3.8) is 0 Å². The van der Waals surface area contributed by atoms with Crippen molar-refractivity contribution in [1.82, 2.24) is 0 Å². The molecule has 18 heteroatoms. The zero-order valence-electron chi connectivity index (χ0n) is 29.8. The van der Waals surface area contributed by atoms with E-state index in [1.807, 2.05) is 0 Å². The Hall–Kier alpha value is -4.20. The maximum atomic E-state index is 12.8. The molecule has 0 saturated heterocycles. The molecule has 0 fully saturated rings. The van der Waals surface area contributed by atoms with E-state index in [9.17, 15) is 39.6 Å². The van der Waals surface area contributed by atoms with Crippen molar-refractivity contribution < 1.29 is 39.6 Å². The van der Waals surface area contributed by atoms with Crippen molar-refractivity contribution in [3.8, 4) is 0 Å². The molecule has 15 nitrogen and oxygen atoms in total. The topological polar surface area (TPSA) is 268 Å². The van der Waals surface area contributed by atoms with Crippen LogP contribution in [0, 0.1) is 0 Å². The number of carbonyl (C=O) groups excluding carboxylic acids is 3. The van der Waals surface area contributed by atoms with Crippen molar-refractivity contribution in [2.75, 3.05) is 52.0 Å². The Morgan fingerprint density at radius 1 is 0.481 bits per heavy atom. The molecule has 3 aromatic carbocycles. The largest absolute Gasteiger partial charge is 0.324 e. The average Bonchev–Trinajstić information content (AvgIpc) is 2.96. The van der Waals surface area contributed by atoms with Crippen molar-refractivity contribution in [2.24, 2.45) is 17.2 Å². The van der Waals surface area contributed by atoms with Gasteiger partial charge in [-0.05, 0) is 73.9 Å². The Balaban J connectivity index is 1.96. The first-order valence-electron chi connectivity index (χ1n) is 15.7. The Morgan fingerprint density at radius 3 is 0.846 bits per heavy atom. The fourth-order valence-electron chi connectivity index (χ4n) is 5.51. The highest BCUT2D eigenvalue weighted by Crippen LogP contribution is 2.34. The summed E-state index contributed by atoms with van der Waals surface area (Å²) in [6.07, 6.45) is 2.97. The minimum absolute atomic E-state index is 0.367. The van der Waals surface area contributed by atoms with E-state index < -0.39 is 87.0 Å². The van der Waals surface area contributed by atoms with E-state index in [1.54, 1.807) is 72.8 Å². The van der Waals surface area contributed by atoms with E-state index in [4.69, 9.17) is 17.2 Å². The lowest BCUT2D eigenvalue weighted by Crippen LogP contribution is -2.53. The molecule has 3 aromatic rings. The molecule has 3 rings (SSSR count). The van der Waals surface area contributed by atoms with Gasteiger partial charge in [-0.25, -0.2) is 25.3 Å². The maximum Gasteiger partial charge on any atom is 0.245 e. The minimum Gasteiger partial charge on any atom is -0.324 e. The van der Waals surface area contributed by atoms with Crippen molar-refractivity contribution in [3.05, 3.63) is 89.5 Å². The third kappa shape index (κ3) is 12.5. The fourth-order valence-corrected chi connectivity index (χ4v) is 9.17.